The molecule has 2 aliphatic rings. The molecule has 6 nitrogen and oxygen atoms in total. The molecule has 1 fully saturated rings. The number of thioether (sulfide) groups is 2. The lowest BCUT2D eigenvalue weighted by Crippen LogP contribution is -2.38. The van der Waals surface area contributed by atoms with E-state index in [0.29, 0.717) is 18.1 Å². The number of aliphatic imine (C=N–C) groups is 1. The van der Waals surface area contributed by atoms with Gasteiger partial charge in [0.2, 0.25) is 0 Å². The number of morpholine rings is 1. The number of ether oxygens (including phenoxy) is 1. The Balaban J connectivity index is 1.49. The van der Waals surface area contributed by atoms with Gasteiger partial charge in [-0.25, -0.2) is 4.68 Å². The van der Waals surface area contributed by atoms with Crippen molar-refractivity contribution in [3.63, 3.8) is 0 Å². The van der Waals surface area contributed by atoms with Crippen LogP contribution in [0.15, 0.2) is 75.6 Å². The molecule has 0 aliphatic carbocycles. The second-order valence-electron chi connectivity index (χ2n) is 7.58. The number of hydrogen-bond donors (Lipinski definition) is 0. The summed E-state index contributed by atoms with van der Waals surface area (Å²) in [4.78, 5) is 21.0. The van der Waals surface area contributed by atoms with E-state index in [1.807, 2.05) is 59.0 Å². The van der Waals surface area contributed by atoms with Crippen molar-refractivity contribution in [2.45, 2.75) is 11.8 Å². The molecule has 1 saturated heterocycles. The molecule has 33 heavy (non-hydrogen) atoms. The molecule has 0 atom stereocenters. The molecule has 8 heteroatoms. The van der Waals surface area contributed by atoms with Gasteiger partial charge in [-0.05, 0) is 47.9 Å². The lowest BCUT2D eigenvalue weighted by molar-refractivity contribution is -0.113. The van der Waals surface area contributed by atoms with Crippen LogP contribution in [0.4, 0.5) is 0 Å². The van der Waals surface area contributed by atoms with E-state index >= 15 is 0 Å². The fourth-order valence-electron chi connectivity index (χ4n) is 3.74. The molecule has 0 saturated carbocycles. The Hall–Kier alpha value is -2.81. The third-order valence-electron chi connectivity index (χ3n) is 5.38. The van der Waals surface area contributed by atoms with E-state index < -0.39 is 0 Å². The summed E-state index contributed by atoms with van der Waals surface area (Å²) in [7, 11) is 0. The first-order valence-electron chi connectivity index (χ1n) is 10.9. The van der Waals surface area contributed by atoms with E-state index in [1.54, 1.807) is 0 Å². The summed E-state index contributed by atoms with van der Waals surface area (Å²) >= 11 is 3.24. The maximum absolute atomic E-state index is 12.7. The Morgan fingerprint density at radius 3 is 2.58 bits per heavy atom. The average Bonchev–Trinajstić information content (AvgIpc) is 3.45. The number of benzene rings is 2. The molecule has 2 aliphatic heterocycles. The van der Waals surface area contributed by atoms with Crippen LogP contribution in [0.3, 0.4) is 0 Å². The van der Waals surface area contributed by atoms with Gasteiger partial charge in [0, 0.05) is 35.3 Å². The second kappa shape index (κ2) is 9.99. The maximum atomic E-state index is 12.7. The van der Waals surface area contributed by atoms with Crippen molar-refractivity contribution < 1.29 is 9.53 Å². The normalized spacial score (nSPS) is 17.6. The highest BCUT2D eigenvalue weighted by molar-refractivity contribution is 8.18. The number of rotatable bonds is 5. The number of carbonyl (C=O) groups is 1. The van der Waals surface area contributed by atoms with Crippen LogP contribution in [0.25, 0.3) is 23.0 Å². The largest absolute Gasteiger partial charge is 0.378 e. The van der Waals surface area contributed by atoms with Crippen LogP contribution in [0.1, 0.15) is 12.5 Å². The highest BCUT2D eigenvalue weighted by Crippen LogP contribution is 2.34. The van der Waals surface area contributed by atoms with E-state index in [-0.39, 0.29) is 5.91 Å². The number of hydrogen-bond acceptors (Lipinski definition) is 6. The minimum absolute atomic E-state index is 0.199. The van der Waals surface area contributed by atoms with Crippen LogP contribution in [0.5, 0.6) is 0 Å². The third kappa shape index (κ3) is 4.93. The van der Waals surface area contributed by atoms with Crippen LogP contribution in [0.2, 0.25) is 0 Å². The number of carbonyl (C=O) groups excluding carboxylic acids is 1. The van der Waals surface area contributed by atoms with Gasteiger partial charge < -0.3 is 9.64 Å². The minimum atomic E-state index is -0.199. The number of para-hydroxylation sites is 1. The molecule has 0 unspecified atom stereocenters. The summed E-state index contributed by atoms with van der Waals surface area (Å²) in [5.74, 6) is 0.832. The molecule has 0 bridgehead atoms. The van der Waals surface area contributed by atoms with Gasteiger partial charge in [0.15, 0.2) is 5.17 Å². The zero-order chi connectivity index (χ0) is 22.6. The standard InChI is InChI=1S/C25H24N4O2S2/c1-2-32-21-10-8-18(9-11-21)23-19(17-29(27-23)20-6-4-3-5-7-20)16-22-24(30)26-25(33-22)28-12-14-31-15-13-28/h3-11,16-17H,2,12-15H2,1H3. The molecular weight excluding hydrogens is 452 g/mol. The average molecular weight is 477 g/mol. The monoisotopic (exact) mass is 476 g/mol. The smallest absolute Gasteiger partial charge is 0.286 e. The Kier molecular flexibility index (Phi) is 6.66. The zero-order valence-corrected chi connectivity index (χ0v) is 19.9. The van der Waals surface area contributed by atoms with Gasteiger partial charge in [0.1, 0.15) is 0 Å². The highest BCUT2D eigenvalue weighted by Gasteiger charge is 2.27. The second-order valence-corrected chi connectivity index (χ2v) is 9.93. The summed E-state index contributed by atoms with van der Waals surface area (Å²) < 4.78 is 7.29. The van der Waals surface area contributed by atoms with Crippen molar-refractivity contribution in [2.24, 2.45) is 4.99 Å². The Bertz CT molecular complexity index is 1200. The van der Waals surface area contributed by atoms with Gasteiger partial charge in [0.25, 0.3) is 5.91 Å². The molecule has 1 aromatic heterocycles. The van der Waals surface area contributed by atoms with Gasteiger partial charge in [-0.1, -0.05) is 37.3 Å². The van der Waals surface area contributed by atoms with E-state index in [9.17, 15) is 4.79 Å². The molecule has 3 heterocycles. The van der Waals surface area contributed by atoms with E-state index in [4.69, 9.17) is 9.84 Å². The summed E-state index contributed by atoms with van der Waals surface area (Å²) in [6, 6.07) is 18.4. The highest BCUT2D eigenvalue weighted by atomic mass is 32.2. The molecule has 1 amide bonds. The van der Waals surface area contributed by atoms with Gasteiger partial charge in [-0.15, -0.1) is 11.8 Å². The lowest BCUT2D eigenvalue weighted by atomic mass is 10.1. The molecule has 0 radical (unpaired) electrons. The molecular formula is C25H24N4O2S2. The molecule has 3 aromatic rings. The summed E-state index contributed by atoms with van der Waals surface area (Å²) in [6.07, 6.45) is 3.90. The molecule has 0 N–H and O–H groups in total. The Morgan fingerprint density at radius 2 is 1.85 bits per heavy atom. The predicted octanol–water partition coefficient (Wildman–Crippen LogP) is 4.95. The van der Waals surface area contributed by atoms with E-state index in [2.05, 4.69) is 41.1 Å². The molecule has 0 spiro atoms. The van der Waals surface area contributed by atoms with Crippen molar-refractivity contribution in [3.8, 4) is 16.9 Å². The summed E-state index contributed by atoms with van der Waals surface area (Å²) in [5.41, 5.74) is 3.72. The summed E-state index contributed by atoms with van der Waals surface area (Å²) in [5, 5.41) is 5.64. The fraction of sp³-hybridized carbons (Fsp3) is 0.240. The van der Waals surface area contributed by atoms with Crippen LogP contribution >= 0.6 is 23.5 Å². The first-order chi connectivity index (χ1) is 16.2. The third-order valence-corrected chi connectivity index (χ3v) is 7.32. The van der Waals surface area contributed by atoms with Crippen LogP contribution in [-0.2, 0) is 9.53 Å². The Labute approximate surface area is 201 Å². The first-order valence-corrected chi connectivity index (χ1v) is 12.7. The topological polar surface area (TPSA) is 59.7 Å². The van der Waals surface area contributed by atoms with Crippen LogP contribution in [0, 0.1) is 0 Å². The number of amidine groups is 1. The van der Waals surface area contributed by atoms with Crippen molar-refractivity contribution in [2.75, 3.05) is 32.1 Å². The predicted molar refractivity (Wildman–Crippen MR) is 136 cm³/mol. The van der Waals surface area contributed by atoms with Crippen molar-refractivity contribution in [1.82, 2.24) is 14.7 Å². The molecule has 168 valence electrons. The molecule has 2 aromatic carbocycles. The number of nitrogens with zero attached hydrogens (tertiary/aromatic N) is 4. The summed E-state index contributed by atoms with van der Waals surface area (Å²) in [6.45, 7) is 4.98. The van der Waals surface area contributed by atoms with Gasteiger partial charge >= 0.3 is 0 Å². The SMILES string of the molecule is CCSc1ccc(-c2nn(-c3ccccc3)cc2C=C2SC(N3CCOCC3)=NC2=O)cc1. The van der Waals surface area contributed by atoms with Crippen LogP contribution < -0.4 is 0 Å². The van der Waals surface area contributed by atoms with Crippen LogP contribution in [-0.4, -0.2) is 57.8 Å². The fourth-order valence-corrected chi connectivity index (χ4v) is 5.35. The lowest BCUT2D eigenvalue weighted by Gasteiger charge is -2.27. The van der Waals surface area contributed by atoms with Crippen molar-refractivity contribution in [3.05, 3.63) is 71.3 Å². The van der Waals surface area contributed by atoms with Gasteiger partial charge in [-0.2, -0.15) is 10.1 Å². The number of aromatic nitrogens is 2. The zero-order valence-electron chi connectivity index (χ0n) is 18.3. The first kappa shape index (κ1) is 22.0. The van der Waals surface area contributed by atoms with Crippen molar-refractivity contribution >= 4 is 40.7 Å². The number of amides is 1. The van der Waals surface area contributed by atoms with Gasteiger partial charge in [-0.3, -0.25) is 4.79 Å². The minimum Gasteiger partial charge on any atom is -0.378 e. The quantitative estimate of drug-likeness (QED) is 0.383. The molecule has 5 rings (SSSR count). The maximum Gasteiger partial charge on any atom is 0.286 e. The Morgan fingerprint density at radius 1 is 1.09 bits per heavy atom. The van der Waals surface area contributed by atoms with E-state index in [1.165, 1.54) is 16.7 Å². The van der Waals surface area contributed by atoms with Crippen molar-refractivity contribution in [1.29, 1.82) is 0 Å². The van der Waals surface area contributed by atoms with E-state index in [0.717, 1.165) is 46.5 Å². The van der Waals surface area contributed by atoms with Gasteiger partial charge in [0.05, 0.1) is 29.5 Å².